The summed E-state index contributed by atoms with van der Waals surface area (Å²) in [5.41, 5.74) is 2.06. The maximum atomic E-state index is 12.2. The van der Waals surface area contributed by atoms with E-state index in [1.165, 1.54) is 0 Å². The average molecular weight is 315 g/mol. The third kappa shape index (κ3) is 4.10. The zero-order chi connectivity index (χ0) is 16.2. The molecule has 0 saturated carbocycles. The Morgan fingerprint density at radius 2 is 2.17 bits per heavy atom. The zero-order valence-corrected chi connectivity index (χ0v) is 13.6. The summed E-state index contributed by atoms with van der Waals surface area (Å²) in [6.45, 7) is 3.09. The first-order valence-corrected chi connectivity index (χ1v) is 8.53. The Kier molecular flexibility index (Phi) is 4.96. The summed E-state index contributed by atoms with van der Waals surface area (Å²) in [5, 5.41) is 9.43. The van der Waals surface area contributed by atoms with Crippen molar-refractivity contribution in [3.63, 3.8) is 0 Å². The molecule has 3 rings (SSSR count). The molecule has 1 aromatic carbocycles. The quantitative estimate of drug-likeness (QED) is 0.794. The van der Waals surface area contributed by atoms with E-state index in [2.05, 4.69) is 22.9 Å². The number of nitrogens with one attached hydrogen (secondary N) is 3. The molecule has 23 heavy (non-hydrogen) atoms. The third-order valence-corrected chi connectivity index (χ3v) is 4.82. The van der Waals surface area contributed by atoms with Gasteiger partial charge in [-0.15, -0.1) is 0 Å². The normalized spacial score (nSPS) is 27.0. The molecule has 0 radical (unpaired) electrons. The second kappa shape index (κ2) is 7.13. The van der Waals surface area contributed by atoms with E-state index >= 15 is 0 Å². The number of para-hydroxylation sites is 1. The van der Waals surface area contributed by atoms with Crippen LogP contribution in [0.15, 0.2) is 24.3 Å². The van der Waals surface area contributed by atoms with Crippen LogP contribution in [-0.4, -0.2) is 30.4 Å². The maximum Gasteiger partial charge on any atom is 0.227 e. The predicted molar refractivity (Wildman–Crippen MR) is 90.1 cm³/mol. The molecular weight excluding hydrogens is 290 g/mol. The van der Waals surface area contributed by atoms with E-state index in [1.54, 1.807) is 0 Å². The minimum Gasteiger partial charge on any atom is -0.353 e. The summed E-state index contributed by atoms with van der Waals surface area (Å²) in [6.07, 6.45) is 3.70. The molecular formula is C18H25N3O2. The van der Waals surface area contributed by atoms with Gasteiger partial charge in [0, 0.05) is 30.1 Å². The number of fused-ring (bicyclic) bond motifs is 1. The molecule has 1 aromatic rings. The summed E-state index contributed by atoms with van der Waals surface area (Å²) >= 11 is 0. The van der Waals surface area contributed by atoms with E-state index in [4.69, 9.17) is 0 Å². The number of benzene rings is 1. The number of carbonyl (C=O) groups is 2. The van der Waals surface area contributed by atoms with Gasteiger partial charge in [-0.05, 0) is 50.8 Å². The number of piperidine rings is 1. The van der Waals surface area contributed by atoms with Crippen molar-refractivity contribution < 1.29 is 9.59 Å². The minimum atomic E-state index is -0.109. The van der Waals surface area contributed by atoms with Crippen LogP contribution in [0.1, 0.15) is 38.2 Å². The van der Waals surface area contributed by atoms with Crippen LogP contribution in [-0.2, 0) is 16.0 Å². The Balaban J connectivity index is 1.48. The Bertz CT molecular complexity index is 587. The third-order valence-electron chi connectivity index (χ3n) is 4.82. The lowest BCUT2D eigenvalue weighted by molar-refractivity contribution is -0.123. The SMILES string of the molecule is CC1CC(NC(=O)CCC2Cc3ccccc3NC2=O)CCN1. The first-order chi connectivity index (χ1) is 11.1. The van der Waals surface area contributed by atoms with Crippen molar-refractivity contribution in [1.29, 1.82) is 0 Å². The van der Waals surface area contributed by atoms with Crippen molar-refractivity contribution in [1.82, 2.24) is 10.6 Å². The standard InChI is InChI=1S/C18H25N3O2/c1-12-10-15(8-9-19-12)20-17(22)7-6-14-11-13-4-2-3-5-16(13)21-18(14)23/h2-5,12,14-15,19H,6-11H2,1H3,(H,20,22)(H,21,23). The number of hydrogen-bond donors (Lipinski definition) is 3. The lowest BCUT2D eigenvalue weighted by Gasteiger charge is -2.29. The van der Waals surface area contributed by atoms with Gasteiger partial charge in [-0.3, -0.25) is 9.59 Å². The summed E-state index contributed by atoms with van der Waals surface area (Å²) in [6, 6.07) is 8.59. The molecule has 3 N–H and O–H groups in total. The van der Waals surface area contributed by atoms with Gasteiger partial charge in [0.05, 0.1) is 0 Å². The van der Waals surface area contributed by atoms with Gasteiger partial charge >= 0.3 is 0 Å². The number of rotatable bonds is 4. The van der Waals surface area contributed by atoms with Gasteiger partial charge < -0.3 is 16.0 Å². The Morgan fingerprint density at radius 1 is 1.35 bits per heavy atom. The second-order valence-corrected chi connectivity index (χ2v) is 6.73. The van der Waals surface area contributed by atoms with Crippen LogP contribution in [0.3, 0.4) is 0 Å². The predicted octanol–water partition coefficient (Wildman–Crippen LogP) is 1.83. The van der Waals surface area contributed by atoms with Crippen LogP contribution in [0.2, 0.25) is 0 Å². The molecule has 0 aromatic heterocycles. The number of hydrogen-bond acceptors (Lipinski definition) is 3. The average Bonchev–Trinajstić information content (AvgIpc) is 2.53. The van der Waals surface area contributed by atoms with Gasteiger partial charge in [-0.1, -0.05) is 18.2 Å². The van der Waals surface area contributed by atoms with E-state index in [0.717, 1.165) is 37.1 Å². The second-order valence-electron chi connectivity index (χ2n) is 6.73. The molecule has 0 aliphatic carbocycles. The fourth-order valence-corrected chi connectivity index (χ4v) is 3.51. The Hall–Kier alpha value is -1.88. The molecule has 2 heterocycles. The van der Waals surface area contributed by atoms with Gasteiger partial charge in [-0.2, -0.15) is 0 Å². The van der Waals surface area contributed by atoms with Crippen LogP contribution in [0.5, 0.6) is 0 Å². The van der Waals surface area contributed by atoms with Gasteiger partial charge in [0.1, 0.15) is 0 Å². The fourth-order valence-electron chi connectivity index (χ4n) is 3.51. The molecule has 5 heteroatoms. The van der Waals surface area contributed by atoms with E-state index < -0.39 is 0 Å². The van der Waals surface area contributed by atoms with Crippen LogP contribution in [0.4, 0.5) is 5.69 Å². The first kappa shape index (κ1) is 16.0. The smallest absolute Gasteiger partial charge is 0.227 e. The zero-order valence-electron chi connectivity index (χ0n) is 13.6. The van der Waals surface area contributed by atoms with Gasteiger partial charge in [0.25, 0.3) is 0 Å². The molecule has 1 fully saturated rings. The highest BCUT2D eigenvalue weighted by atomic mass is 16.2. The Labute approximate surface area is 137 Å². The topological polar surface area (TPSA) is 70.2 Å². The summed E-state index contributed by atoms with van der Waals surface area (Å²) in [5.74, 6) is -0.00894. The molecule has 124 valence electrons. The summed E-state index contributed by atoms with van der Waals surface area (Å²) < 4.78 is 0. The molecule has 2 amide bonds. The van der Waals surface area contributed by atoms with Crippen molar-refractivity contribution in [2.75, 3.05) is 11.9 Å². The molecule has 0 spiro atoms. The first-order valence-electron chi connectivity index (χ1n) is 8.53. The highest BCUT2D eigenvalue weighted by molar-refractivity contribution is 5.96. The molecule has 1 saturated heterocycles. The monoisotopic (exact) mass is 315 g/mol. The van der Waals surface area contributed by atoms with Crippen LogP contribution in [0.25, 0.3) is 0 Å². The molecule has 0 bridgehead atoms. The molecule has 2 aliphatic rings. The maximum absolute atomic E-state index is 12.2. The van der Waals surface area contributed by atoms with Crippen LogP contribution >= 0.6 is 0 Å². The van der Waals surface area contributed by atoms with Crippen LogP contribution < -0.4 is 16.0 Å². The summed E-state index contributed by atoms with van der Waals surface area (Å²) in [7, 11) is 0. The van der Waals surface area contributed by atoms with Crippen molar-refractivity contribution in [3.05, 3.63) is 29.8 Å². The van der Waals surface area contributed by atoms with Crippen LogP contribution in [0, 0.1) is 5.92 Å². The van der Waals surface area contributed by atoms with Gasteiger partial charge in [0.2, 0.25) is 11.8 Å². The summed E-state index contributed by atoms with van der Waals surface area (Å²) in [4.78, 5) is 24.3. The lowest BCUT2D eigenvalue weighted by atomic mass is 9.89. The van der Waals surface area contributed by atoms with Crippen molar-refractivity contribution in [2.45, 2.75) is 51.1 Å². The molecule has 3 unspecified atom stereocenters. The van der Waals surface area contributed by atoms with Crippen molar-refractivity contribution in [3.8, 4) is 0 Å². The molecule has 3 atom stereocenters. The van der Waals surface area contributed by atoms with Crippen molar-refractivity contribution >= 4 is 17.5 Å². The number of anilines is 1. The lowest BCUT2D eigenvalue weighted by Crippen LogP contribution is -2.46. The largest absolute Gasteiger partial charge is 0.353 e. The molecule has 5 nitrogen and oxygen atoms in total. The number of carbonyl (C=O) groups excluding carboxylic acids is 2. The highest BCUT2D eigenvalue weighted by Crippen LogP contribution is 2.27. The van der Waals surface area contributed by atoms with Gasteiger partial charge in [0.15, 0.2) is 0 Å². The van der Waals surface area contributed by atoms with E-state index in [1.807, 2.05) is 24.3 Å². The van der Waals surface area contributed by atoms with Crippen molar-refractivity contribution in [2.24, 2.45) is 5.92 Å². The van der Waals surface area contributed by atoms with E-state index in [-0.39, 0.29) is 23.8 Å². The highest BCUT2D eigenvalue weighted by Gasteiger charge is 2.27. The van der Waals surface area contributed by atoms with E-state index in [9.17, 15) is 9.59 Å². The minimum absolute atomic E-state index is 0.0342. The van der Waals surface area contributed by atoms with E-state index in [0.29, 0.717) is 18.9 Å². The number of amides is 2. The fraction of sp³-hybridized carbons (Fsp3) is 0.556. The van der Waals surface area contributed by atoms with Gasteiger partial charge in [-0.25, -0.2) is 0 Å². The Morgan fingerprint density at radius 3 is 3.00 bits per heavy atom. The molecule has 2 aliphatic heterocycles.